The molecule has 2 aliphatic rings. The van der Waals surface area contributed by atoms with Crippen molar-refractivity contribution in [1.29, 1.82) is 0 Å². The zero-order chi connectivity index (χ0) is 23.7. The third-order valence-electron chi connectivity index (χ3n) is 6.82. The molecule has 176 valence electrons. The second kappa shape index (κ2) is 8.96. The first kappa shape index (κ1) is 23.5. The standard InChI is InChI=1S/C29H38N2O2/c1-27(2,3)23-19-32-25(30-23)29(17-21-13-9-7-10-14-21,18-22-15-11-8-12-16-22)26-31-24(20-33-26)28(4,5)6/h7-16,23-24H,17-20H2,1-6H3. The minimum atomic E-state index is -0.581. The minimum Gasteiger partial charge on any atom is -0.478 e. The Bertz CT molecular complexity index is 914. The van der Waals surface area contributed by atoms with E-state index in [9.17, 15) is 0 Å². The molecule has 0 bridgehead atoms. The normalized spacial score (nSPS) is 21.3. The summed E-state index contributed by atoms with van der Waals surface area (Å²) in [6.07, 6.45) is 1.46. The van der Waals surface area contributed by atoms with Gasteiger partial charge < -0.3 is 9.47 Å². The van der Waals surface area contributed by atoms with Gasteiger partial charge in [-0.15, -0.1) is 0 Å². The fourth-order valence-electron chi connectivity index (χ4n) is 4.50. The number of nitrogens with zero attached hydrogens (tertiary/aromatic N) is 2. The van der Waals surface area contributed by atoms with Gasteiger partial charge >= 0.3 is 0 Å². The molecule has 0 saturated carbocycles. The summed E-state index contributed by atoms with van der Waals surface area (Å²) in [5.41, 5.74) is 1.93. The van der Waals surface area contributed by atoms with Gasteiger partial charge in [-0.1, -0.05) is 102 Å². The molecule has 2 heterocycles. The summed E-state index contributed by atoms with van der Waals surface area (Å²) in [5, 5.41) is 0. The third-order valence-corrected chi connectivity index (χ3v) is 6.82. The van der Waals surface area contributed by atoms with Crippen LogP contribution in [-0.4, -0.2) is 37.1 Å². The van der Waals surface area contributed by atoms with Crippen molar-refractivity contribution in [3.63, 3.8) is 0 Å². The smallest absolute Gasteiger partial charge is 0.200 e. The van der Waals surface area contributed by atoms with Gasteiger partial charge in [0, 0.05) is 0 Å². The lowest BCUT2D eigenvalue weighted by Crippen LogP contribution is -2.44. The Hall–Kier alpha value is -2.62. The van der Waals surface area contributed by atoms with Crippen LogP contribution in [0.3, 0.4) is 0 Å². The maximum Gasteiger partial charge on any atom is 0.200 e. The Morgan fingerprint density at radius 3 is 1.30 bits per heavy atom. The van der Waals surface area contributed by atoms with Crippen LogP contribution in [0.25, 0.3) is 0 Å². The molecule has 2 aromatic rings. The number of ether oxygens (including phenoxy) is 2. The van der Waals surface area contributed by atoms with E-state index in [1.807, 2.05) is 0 Å². The topological polar surface area (TPSA) is 43.2 Å². The molecule has 0 aliphatic carbocycles. The largest absolute Gasteiger partial charge is 0.478 e. The van der Waals surface area contributed by atoms with Gasteiger partial charge in [-0.05, 0) is 34.8 Å². The van der Waals surface area contributed by atoms with E-state index in [2.05, 4.69) is 102 Å². The van der Waals surface area contributed by atoms with Crippen LogP contribution in [0.4, 0.5) is 0 Å². The molecule has 0 aromatic heterocycles. The maximum absolute atomic E-state index is 6.42. The van der Waals surface area contributed by atoms with E-state index < -0.39 is 5.41 Å². The zero-order valence-electron chi connectivity index (χ0n) is 21.0. The van der Waals surface area contributed by atoms with Crippen molar-refractivity contribution in [2.24, 2.45) is 26.2 Å². The Balaban J connectivity index is 1.86. The lowest BCUT2D eigenvalue weighted by molar-refractivity contribution is 0.207. The average molecular weight is 447 g/mol. The molecule has 2 aliphatic heterocycles. The van der Waals surface area contributed by atoms with E-state index >= 15 is 0 Å². The van der Waals surface area contributed by atoms with Crippen LogP contribution in [0.1, 0.15) is 52.7 Å². The number of aliphatic imine (C=N–C) groups is 2. The quantitative estimate of drug-likeness (QED) is 0.534. The molecule has 0 N–H and O–H groups in total. The Labute approximate surface area is 199 Å². The van der Waals surface area contributed by atoms with Gasteiger partial charge in [-0.2, -0.15) is 0 Å². The third kappa shape index (κ3) is 5.15. The van der Waals surface area contributed by atoms with Gasteiger partial charge in [0.25, 0.3) is 0 Å². The number of benzene rings is 2. The molecule has 2 atom stereocenters. The van der Waals surface area contributed by atoms with Gasteiger partial charge in [-0.3, -0.25) is 0 Å². The van der Waals surface area contributed by atoms with E-state index in [0.717, 1.165) is 24.6 Å². The molecule has 0 fully saturated rings. The molecule has 33 heavy (non-hydrogen) atoms. The number of hydrogen-bond donors (Lipinski definition) is 0. The zero-order valence-corrected chi connectivity index (χ0v) is 21.0. The van der Waals surface area contributed by atoms with Crippen molar-refractivity contribution in [2.75, 3.05) is 13.2 Å². The predicted octanol–water partition coefficient (Wildman–Crippen LogP) is 6.15. The summed E-state index contributed by atoms with van der Waals surface area (Å²) in [4.78, 5) is 10.4. The average Bonchev–Trinajstić information content (AvgIpc) is 3.45. The van der Waals surface area contributed by atoms with Crippen molar-refractivity contribution < 1.29 is 9.47 Å². The highest BCUT2D eigenvalue weighted by Gasteiger charge is 2.50. The molecule has 0 spiro atoms. The summed E-state index contributed by atoms with van der Waals surface area (Å²) in [6, 6.07) is 21.4. The highest BCUT2D eigenvalue weighted by molar-refractivity contribution is 6.07. The monoisotopic (exact) mass is 446 g/mol. The lowest BCUT2D eigenvalue weighted by atomic mass is 9.75. The first-order valence-electron chi connectivity index (χ1n) is 12.1. The van der Waals surface area contributed by atoms with E-state index in [1.54, 1.807) is 0 Å². The molecule has 0 amide bonds. The molecule has 2 unspecified atom stereocenters. The summed E-state index contributed by atoms with van der Waals surface area (Å²) >= 11 is 0. The van der Waals surface area contributed by atoms with Gasteiger partial charge in [0.15, 0.2) is 11.8 Å². The van der Waals surface area contributed by atoms with Gasteiger partial charge in [0.05, 0.1) is 12.1 Å². The fraction of sp³-hybridized carbons (Fsp3) is 0.517. The summed E-state index contributed by atoms with van der Waals surface area (Å²) in [7, 11) is 0. The first-order valence-corrected chi connectivity index (χ1v) is 12.1. The Morgan fingerprint density at radius 1 is 0.636 bits per heavy atom. The Kier molecular flexibility index (Phi) is 6.39. The number of hydrogen-bond acceptors (Lipinski definition) is 4. The number of rotatable bonds is 6. The van der Waals surface area contributed by atoms with Crippen LogP contribution in [0.5, 0.6) is 0 Å². The van der Waals surface area contributed by atoms with Crippen LogP contribution < -0.4 is 0 Å². The first-order chi connectivity index (χ1) is 15.6. The van der Waals surface area contributed by atoms with Crippen LogP contribution in [0, 0.1) is 16.2 Å². The molecule has 4 nitrogen and oxygen atoms in total. The van der Waals surface area contributed by atoms with E-state index in [4.69, 9.17) is 19.5 Å². The van der Waals surface area contributed by atoms with Crippen LogP contribution in [0.15, 0.2) is 70.6 Å². The van der Waals surface area contributed by atoms with Crippen molar-refractivity contribution in [3.8, 4) is 0 Å². The Morgan fingerprint density at radius 2 is 1.00 bits per heavy atom. The van der Waals surface area contributed by atoms with Crippen molar-refractivity contribution in [3.05, 3.63) is 71.8 Å². The van der Waals surface area contributed by atoms with Gasteiger partial charge in [-0.25, -0.2) is 9.98 Å². The van der Waals surface area contributed by atoms with Crippen molar-refractivity contribution in [1.82, 2.24) is 0 Å². The van der Waals surface area contributed by atoms with E-state index in [-0.39, 0.29) is 22.9 Å². The molecule has 4 heteroatoms. The van der Waals surface area contributed by atoms with Crippen LogP contribution in [0.2, 0.25) is 0 Å². The van der Waals surface area contributed by atoms with Gasteiger partial charge in [0.1, 0.15) is 18.6 Å². The molecule has 2 aromatic carbocycles. The molecule has 0 radical (unpaired) electrons. The highest BCUT2D eigenvalue weighted by Crippen LogP contribution is 2.40. The van der Waals surface area contributed by atoms with Gasteiger partial charge in [0.2, 0.25) is 0 Å². The fourth-order valence-corrected chi connectivity index (χ4v) is 4.50. The maximum atomic E-state index is 6.42. The second-order valence-corrected chi connectivity index (χ2v) is 11.7. The minimum absolute atomic E-state index is 0.0271. The molecular formula is C29H38N2O2. The van der Waals surface area contributed by atoms with Crippen LogP contribution in [-0.2, 0) is 22.3 Å². The van der Waals surface area contributed by atoms with Crippen molar-refractivity contribution in [2.45, 2.75) is 66.5 Å². The predicted molar refractivity (Wildman–Crippen MR) is 136 cm³/mol. The lowest BCUT2D eigenvalue weighted by Gasteiger charge is -2.32. The van der Waals surface area contributed by atoms with E-state index in [1.165, 1.54) is 11.1 Å². The molecule has 0 saturated heterocycles. The molecular weight excluding hydrogens is 408 g/mol. The van der Waals surface area contributed by atoms with Crippen LogP contribution >= 0.6 is 0 Å². The molecule has 4 rings (SSSR count). The summed E-state index contributed by atoms with van der Waals surface area (Å²) in [6.45, 7) is 14.5. The SMILES string of the molecule is CC(C)(C)C1COC(C(Cc2ccccc2)(Cc2ccccc2)C2=NC(C(C)(C)C)CO2)=N1. The van der Waals surface area contributed by atoms with Crippen molar-refractivity contribution >= 4 is 11.8 Å². The summed E-state index contributed by atoms with van der Waals surface area (Å²) in [5.74, 6) is 1.53. The summed E-state index contributed by atoms with van der Waals surface area (Å²) < 4.78 is 12.8. The highest BCUT2D eigenvalue weighted by atomic mass is 16.5. The van der Waals surface area contributed by atoms with E-state index in [0.29, 0.717) is 13.2 Å². The second-order valence-electron chi connectivity index (χ2n) is 11.7.